The number of rotatable bonds is 6. The van der Waals surface area contributed by atoms with E-state index in [2.05, 4.69) is 23.3 Å². The highest BCUT2D eigenvalue weighted by atomic mass is 16.5. The predicted molar refractivity (Wildman–Crippen MR) is 84.1 cm³/mol. The quantitative estimate of drug-likeness (QED) is 0.886. The Kier molecular flexibility index (Phi) is 5.17. The van der Waals surface area contributed by atoms with E-state index >= 15 is 0 Å². The fourth-order valence-corrected chi connectivity index (χ4v) is 2.56. The fourth-order valence-electron chi connectivity index (χ4n) is 2.56. The number of methoxy groups -OCH3 is 2. The smallest absolute Gasteiger partial charge is 0.124 e. The number of aromatic nitrogens is 1. The summed E-state index contributed by atoms with van der Waals surface area (Å²) in [6, 6.07) is 7.94. The molecule has 1 aromatic heterocycles. The normalized spacial score (nSPS) is 12.0. The van der Waals surface area contributed by atoms with Crippen molar-refractivity contribution in [3.63, 3.8) is 0 Å². The summed E-state index contributed by atoms with van der Waals surface area (Å²) in [7, 11) is 5.30. The molecule has 1 heterocycles. The molecule has 0 saturated heterocycles. The Morgan fingerprint density at radius 1 is 1.14 bits per heavy atom. The number of benzene rings is 1. The van der Waals surface area contributed by atoms with E-state index in [9.17, 15) is 0 Å². The van der Waals surface area contributed by atoms with Gasteiger partial charge in [-0.25, -0.2) is 0 Å². The van der Waals surface area contributed by atoms with Crippen LogP contribution in [0.4, 0.5) is 0 Å². The Bertz CT molecular complexity index is 599. The lowest BCUT2D eigenvalue weighted by Gasteiger charge is -2.22. The van der Waals surface area contributed by atoms with Crippen molar-refractivity contribution in [3.8, 4) is 11.5 Å². The Hall–Kier alpha value is -2.07. The molecule has 0 radical (unpaired) electrons. The van der Waals surface area contributed by atoms with Gasteiger partial charge >= 0.3 is 0 Å². The van der Waals surface area contributed by atoms with E-state index in [0.29, 0.717) is 0 Å². The number of nitrogens with one attached hydrogen (secondary N) is 1. The van der Waals surface area contributed by atoms with Crippen LogP contribution in [0.5, 0.6) is 11.5 Å². The second-order valence-electron chi connectivity index (χ2n) is 4.76. The highest BCUT2D eigenvalue weighted by Gasteiger charge is 2.19. The summed E-state index contributed by atoms with van der Waals surface area (Å²) >= 11 is 0. The molecule has 112 valence electrons. The van der Waals surface area contributed by atoms with Crippen LogP contribution in [0.1, 0.15) is 29.7 Å². The monoisotopic (exact) mass is 286 g/mol. The Labute approximate surface area is 126 Å². The highest BCUT2D eigenvalue weighted by molar-refractivity contribution is 5.47. The third-order valence-corrected chi connectivity index (χ3v) is 3.67. The Morgan fingerprint density at radius 3 is 2.57 bits per heavy atom. The molecule has 0 amide bonds. The maximum atomic E-state index is 5.51. The Morgan fingerprint density at radius 2 is 1.95 bits per heavy atom. The molecule has 2 rings (SSSR count). The van der Waals surface area contributed by atoms with Crippen LogP contribution >= 0.6 is 0 Å². The van der Waals surface area contributed by atoms with Gasteiger partial charge in [-0.05, 0) is 48.9 Å². The van der Waals surface area contributed by atoms with E-state index in [1.807, 2.05) is 37.6 Å². The van der Waals surface area contributed by atoms with Crippen molar-refractivity contribution in [2.24, 2.45) is 0 Å². The van der Waals surface area contributed by atoms with Crippen molar-refractivity contribution < 1.29 is 9.47 Å². The van der Waals surface area contributed by atoms with Gasteiger partial charge in [0.15, 0.2) is 0 Å². The molecular weight excluding hydrogens is 264 g/mol. The average Bonchev–Trinajstić information content (AvgIpc) is 2.55. The number of nitrogens with zero attached hydrogens (tertiary/aromatic N) is 1. The summed E-state index contributed by atoms with van der Waals surface area (Å²) in [5, 5.41) is 3.37. The zero-order valence-corrected chi connectivity index (χ0v) is 13.0. The van der Waals surface area contributed by atoms with Crippen LogP contribution in [0.2, 0.25) is 0 Å². The number of hydrogen-bond acceptors (Lipinski definition) is 4. The molecule has 4 heteroatoms. The molecule has 2 aromatic rings. The lowest BCUT2D eigenvalue weighted by Crippen LogP contribution is -2.20. The molecule has 0 aliphatic rings. The van der Waals surface area contributed by atoms with Gasteiger partial charge in [0, 0.05) is 18.0 Å². The Balaban J connectivity index is 2.55. The lowest BCUT2D eigenvalue weighted by molar-refractivity contribution is 0.395. The van der Waals surface area contributed by atoms with Crippen LogP contribution in [0.15, 0.2) is 36.7 Å². The topological polar surface area (TPSA) is 43.4 Å². The SMILES string of the molecule is CCc1cnccc1C(NC)c1cc(OC)ccc1OC. The molecule has 1 aromatic carbocycles. The first-order valence-corrected chi connectivity index (χ1v) is 7.07. The van der Waals surface area contributed by atoms with Gasteiger partial charge in [-0.15, -0.1) is 0 Å². The summed E-state index contributed by atoms with van der Waals surface area (Å²) < 4.78 is 10.9. The van der Waals surface area contributed by atoms with Crippen molar-refractivity contribution in [3.05, 3.63) is 53.3 Å². The van der Waals surface area contributed by atoms with Gasteiger partial charge in [0.2, 0.25) is 0 Å². The molecule has 1 N–H and O–H groups in total. The van der Waals surface area contributed by atoms with Gasteiger partial charge in [0.25, 0.3) is 0 Å². The molecule has 0 spiro atoms. The van der Waals surface area contributed by atoms with Gasteiger partial charge in [-0.2, -0.15) is 0 Å². The first-order chi connectivity index (χ1) is 10.2. The molecule has 0 fully saturated rings. The second-order valence-corrected chi connectivity index (χ2v) is 4.76. The van der Waals surface area contributed by atoms with Crippen molar-refractivity contribution in [1.29, 1.82) is 0 Å². The molecule has 4 nitrogen and oxygen atoms in total. The van der Waals surface area contributed by atoms with Crippen LogP contribution in [0.25, 0.3) is 0 Å². The van der Waals surface area contributed by atoms with Crippen LogP contribution < -0.4 is 14.8 Å². The van der Waals surface area contributed by atoms with Crippen LogP contribution in [-0.4, -0.2) is 26.3 Å². The van der Waals surface area contributed by atoms with E-state index in [4.69, 9.17) is 9.47 Å². The number of ether oxygens (including phenoxy) is 2. The minimum absolute atomic E-state index is 0.0352. The maximum absolute atomic E-state index is 5.51. The molecule has 0 aliphatic heterocycles. The van der Waals surface area contributed by atoms with Crippen molar-refractivity contribution in [2.75, 3.05) is 21.3 Å². The third-order valence-electron chi connectivity index (χ3n) is 3.67. The summed E-state index contributed by atoms with van der Waals surface area (Å²) in [5.41, 5.74) is 3.49. The van der Waals surface area contributed by atoms with Crippen LogP contribution in [0.3, 0.4) is 0 Å². The fraction of sp³-hybridized carbons (Fsp3) is 0.353. The summed E-state index contributed by atoms with van der Waals surface area (Å²) in [6.45, 7) is 2.13. The molecule has 0 aliphatic carbocycles. The van der Waals surface area contributed by atoms with Gasteiger partial charge in [0.05, 0.1) is 20.3 Å². The standard InChI is InChI=1S/C17H22N2O2/c1-5-12-11-19-9-8-14(12)17(18-2)15-10-13(20-3)6-7-16(15)21-4/h6-11,17-18H,5H2,1-4H3. The maximum Gasteiger partial charge on any atom is 0.124 e. The summed E-state index contributed by atoms with van der Waals surface area (Å²) in [5.74, 6) is 1.66. The van der Waals surface area contributed by atoms with Crippen LogP contribution in [-0.2, 0) is 6.42 Å². The molecule has 0 saturated carbocycles. The zero-order chi connectivity index (χ0) is 15.2. The number of pyridine rings is 1. The van der Waals surface area contributed by atoms with E-state index in [-0.39, 0.29) is 6.04 Å². The van der Waals surface area contributed by atoms with E-state index in [0.717, 1.165) is 23.5 Å². The summed E-state index contributed by atoms with van der Waals surface area (Å²) in [4.78, 5) is 4.22. The third kappa shape index (κ3) is 3.16. The first kappa shape index (κ1) is 15.3. The molecule has 21 heavy (non-hydrogen) atoms. The molecule has 1 unspecified atom stereocenters. The van der Waals surface area contributed by atoms with E-state index in [1.165, 1.54) is 11.1 Å². The van der Waals surface area contributed by atoms with Crippen molar-refractivity contribution >= 4 is 0 Å². The minimum Gasteiger partial charge on any atom is -0.497 e. The van der Waals surface area contributed by atoms with E-state index in [1.54, 1.807) is 14.2 Å². The molecule has 1 atom stereocenters. The van der Waals surface area contributed by atoms with Gasteiger partial charge in [0.1, 0.15) is 11.5 Å². The first-order valence-electron chi connectivity index (χ1n) is 7.07. The molecule has 0 bridgehead atoms. The highest BCUT2D eigenvalue weighted by Crippen LogP contribution is 2.34. The van der Waals surface area contributed by atoms with Gasteiger partial charge < -0.3 is 14.8 Å². The summed E-state index contributed by atoms with van der Waals surface area (Å²) in [6.07, 6.45) is 4.69. The number of aryl methyl sites for hydroxylation is 1. The van der Waals surface area contributed by atoms with Crippen molar-refractivity contribution in [2.45, 2.75) is 19.4 Å². The predicted octanol–water partition coefficient (Wildman–Crippen LogP) is 2.97. The van der Waals surface area contributed by atoms with Crippen molar-refractivity contribution in [1.82, 2.24) is 10.3 Å². The number of hydrogen-bond donors (Lipinski definition) is 1. The van der Waals surface area contributed by atoms with E-state index < -0.39 is 0 Å². The lowest BCUT2D eigenvalue weighted by atomic mass is 9.94. The zero-order valence-electron chi connectivity index (χ0n) is 13.0. The minimum atomic E-state index is 0.0352. The van der Waals surface area contributed by atoms with Gasteiger partial charge in [-0.1, -0.05) is 6.92 Å². The average molecular weight is 286 g/mol. The second kappa shape index (κ2) is 7.09. The molecular formula is C17H22N2O2. The van der Waals surface area contributed by atoms with Crippen LogP contribution in [0, 0.1) is 0 Å². The largest absolute Gasteiger partial charge is 0.497 e. The van der Waals surface area contributed by atoms with Gasteiger partial charge in [-0.3, -0.25) is 4.98 Å².